The summed E-state index contributed by atoms with van der Waals surface area (Å²) in [5.41, 5.74) is 1.07. The van der Waals surface area contributed by atoms with Crippen LogP contribution in [0.5, 0.6) is 0 Å². The van der Waals surface area contributed by atoms with E-state index < -0.39 is 11.6 Å². The Morgan fingerprint density at radius 2 is 1.91 bits per heavy atom. The van der Waals surface area contributed by atoms with Crippen LogP contribution in [0.25, 0.3) is 6.08 Å². The number of nitrogens with one attached hydrogen (secondary N) is 1. The van der Waals surface area contributed by atoms with Crippen molar-refractivity contribution in [3.8, 4) is 0 Å². The number of amidine groups is 1. The lowest BCUT2D eigenvalue weighted by Crippen LogP contribution is -2.18. The molecule has 0 aliphatic carbocycles. The number of halogens is 2. The zero-order valence-corrected chi connectivity index (χ0v) is 11.9. The zero-order chi connectivity index (χ0) is 15.5. The highest BCUT2D eigenvalue weighted by Gasteiger charge is 2.23. The Morgan fingerprint density at radius 1 is 1.14 bits per heavy atom. The SMILES string of the molecule is O=C1NC(=Nc2ccc(F)c(F)c2)C(=Cc2ccncc2)S1. The van der Waals surface area contributed by atoms with E-state index >= 15 is 0 Å². The van der Waals surface area contributed by atoms with Crippen LogP contribution in [0.15, 0.2) is 52.6 Å². The Hall–Kier alpha value is -2.54. The average molecular weight is 317 g/mol. The van der Waals surface area contributed by atoms with Gasteiger partial charge in [-0.15, -0.1) is 0 Å². The first kappa shape index (κ1) is 14.4. The monoisotopic (exact) mass is 317 g/mol. The van der Waals surface area contributed by atoms with Crippen LogP contribution in [-0.4, -0.2) is 16.1 Å². The number of amides is 1. The van der Waals surface area contributed by atoms with Crippen molar-refractivity contribution in [2.24, 2.45) is 4.99 Å². The van der Waals surface area contributed by atoms with Gasteiger partial charge < -0.3 is 5.32 Å². The molecule has 2 heterocycles. The number of carbonyl (C=O) groups is 1. The highest BCUT2D eigenvalue weighted by atomic mass is 32.2. The average Bonchev–Trinajstić information content (AvgIpc) is 2.83. The highest BCUT2D eigenvalue weighted by molar-refractivity contribution is 8.18. The van der Waals surface area contributed by atoms with Crippen LogP contribution in [0.2, 0.25) is 0 Å². The lowest BCUT2D eigenvalue weighted by Gasteiger charge is -2.00. The summed E-state index contributed by atoms with van der Waals surface area (Å²) in [4.78, 5) is 20.2. The van der Waals surface area contributed by atoms with Crippen LogP contribution < -0.4 is 5.32 Å². The maximum atomic E-state index is 13.2. The molecule has 1 fully saturated rings. The standard InChI is InChI=1S/C15H9F2N3OS/c16-11-2-1-10(8-12(11)17)19-14-13(22-15(21)20-14)7-9-3-5-18-6-4-9/h1-8H,(H,19,20,21). The maximum absolute atomic E-state index is 13.2. The molecule has 1 N–H and O–H groups in total. The summed E-state index contributed by atoms with van der Waals surface area (Å²) in [5, 5.41) is 2.30. The van der Waals surface area contributed by atoms with E-state index in [0.717, 1.165) is 29.5 Å². The van der Waals surface area contributed by atoms with Crippen molar-refractivity contribution in [2.75, 3.05) is 0 Å². The van der Waals surface area contributed by atoms with Crippen molar-refractivity contribution in [1.29, 1.82) is 0 Å². The second-order valence-electron chi connectivity index (χ2n) is 4.36. The van der Waals surface area contributed by atoms with Crippen molar-refractivity contribution >= 4 is 34.6 Å². The summed E-state index contributed by atoms with van der Waals surface area (Å²) in [5.74, 6) is -1.63. The molecule has 1 aliphatic rings. The molecule has 0 unspecified atom stereocenters. The second kappa shape index (κ2) is 6.07. The number of hydrogen-bond acceptors (Lipinski definition) is 4. The Bertz CT molecular complexity index is 791. The van der Waals surface area contributed by atoms with Gasteiger partial charge in [0.25, 0.3) is 5.24 Å². The Morgan fingerprint density at radius 3 is 2.64 bits per heavy atom. The van der Waals surface area contributed by atoms with E-state index in [0.29, 0.717) is 10.7 Å². The fourth-order valence-electron chi connectivity index (χ4n) is 1.81. The van der Waals surface area contributed by atoms with Crippen LogP contribution in [0.1, 0.15) is 5.56 Å². The molecule has 7 heteroatoms. The van der Waals surface area contributed by atoms with Crippen molar-refractivity contribution in [1.82, 2.24) is 10.3 Å². The van der Waals surface area contributed by atoms with Crippen molar-refractivity contribution < 1.29 is 13.6 Å². The molecule has 3 rings (SSSR count). The summed E-state index contributed by atoms with van der Waals surface area (Å²) < 4.78 is 26.1. The molecule has 2 aromatic rings. The first-order chi connectivity index (χ1) is 10.6. The molecule has 1 aromatic carbocycles. The number of pyridine rings is 1. The van der Waals surface area contributed by atoms with Gasteiger partial charge in [-0.2, -0.15) is 0 Å². The summed E-state index contributed by atoms with van der Waals surface area (Å²) in [6.07, 6.45) is 5.03. The van der Waals surface area contributed by atoms with Gasteiger partial charge >= 0.3 is 0 Å². The Labute approximate surface area is 129 Å². The van der Waals surface area contributed by atoms with Crippen molar-refractivity contribution in [3.63, 3.8) is 0 Å². The molecule has 22 heavy (non-hydrogen) atoms. The summed E-state index contributed by atoms with van der Waals surface area (Å²) in [7, 11) is 0. The molecule has 1 aromatic heterocycles. The number of rotatable bonds is 2. The Balaban J connectivity index is 1.96. The van der Waals surface area contributed by atoms with Crippen LogP contribution in [0.4, 0.5) is 19.3 Å². The van der Waals surface area contributed by atoms with Crippen LogP contribution in [0.3, 0.4) is 0 Å². The topological polar surface area (TPSA) is 54.4 Å². The lowest BCUT2D eigenvalue weighted by atomic mass is 10.2. The number of hydrogen-bond donors (Lipinski definition) is 1. The molecule has 4 nitrogen and oxygen atoms in total. The van der Waals surface area contributed by atoms with Crippen LogP contribution in [-0.2, 0) is 0 Å². The molecule has 0 saturated carbocycles. The summed E-state index contributed by atoms with van der Waals surface area (Å²) >= 11 is 0.987. The van der Waals surface area contributed by atoms with E-state index in [9.17, 15) is 13.6 Å². The minimum Gasteiger partial charge on any atom is -0.300 e. The smallest absolute Gasteiger partial charge is 0.289 e. The number of aromatic nitrogens is 1. The fourth-order valence-corrected chi connectivity index (χ4v) is 2.54. The third kappa shape index (κ3) is 3.20. The summed E-state index contributed by atoms with van der Waals surface area (Å²) in [6, 6.07) is 6.87. The molecular formula is C15H9F2N3OS. The van der Waals surface area contributed by atoms with Gasteiger partial charge in [-0.1, -0.05) is 0 Å². The lowest BCUT2D eigenvalue weighted by molar-refractivity contribution is 0.265. The van der Waals surface area contributed by atoms with E-state index in [1.807, 2.05) is 0 Å². The number of thioether (sulfide) groups is 1. The zero-order valence-electron chi connectivity index (χ0n) is 11.1. The number of aliphatic imine (C=N–C) groups is 1. The molecular weight excluding hydrogens is 308 g/mol. The molecule has 0 spiro atoms. The van der Waals surface area contributed by atoms with Gasteiger partial charge in [-0.05, 0) is 47.7 Å². The van der Waals surface area contributed by atoms with E-state index in [1.54, 1.807) is 30.6 Å². The third-order valence-corrected chi connectivity index (χ3v) is 3.62. The molecule has 1 saturated heterocycles. The number of nitrogens with zero attached hydrogens (tertiary/aromatic N) is 2. The molecule has 1 amide bonds. The third-order valence-electron chi connectivity index (χ3n) is 2.80. The number of carbonyl (C=O) groups excluding carboxylic acids is 1. The summed E-state index contributed by atoms with van der Waals surface area (Å²) in [6.45, 7) is 0. The molecule has 110 valence electrons. The van der Waals surface area contributed by atoms with Crippen molar-refractivity contribution in [2.45, 2.75) is 0 Å². The first-order valence-corrected chi connectivity index (χ1v) is 7.08. The first-order valence-electron chi connectivity index (χ1n) is 6.26. The largest absolute Gasteiger partial charge is 0.300 e. The highest BCUT2D eigenvalue weighted by Crippen LogP contribution is 2.28. The molecule has 0 atom stereocenters. The quantitative estimate of drug-likeness (QED) is 0.914. The molecule has 0 bridgehead atoms. The van der Waals surface area contributed by atoms with Gasteiger partial charge in [0.2, 0.25) is 0 Å². The predicted molar refractivity (Wildman–Crippen MR) is 81.8 cm³/mol. The van der Waals surface area contributed by atoms with Crippen molar-refractivity contribution in [3.05, 3.63) is 64.8 Å². The molecule has 0 radical (unpaired) electrons. The minimum absolute atomic E-state index is 0.220. The van der Waals surface area contributed by atoms with E-state index in [-0.39, 0.29) is 10.9 Å². The second-order valence-corrected chi connectivity index (χ2v) is 5.38. The van der Waals surface area contributed by atoms with E-state index in [1.165, 1.54) is 6.07 Å². The van der Waals surface area contributed by atoms with E-state index in [2.05, 4.69) is 15.3 Å². The molecule has 1 aliphatic heterocycles. The van der Waals surface area contributed by atoms with Crippen LogP contribution in [0, 0.1) is 11.6 Å². The van der Waals surface area contributed by atoms with Gasteiger partial charge in [-0.25, -0.2) is 13.8 Å². The predicted octanol–water partition coefficient (Wildman–Crippen LogP) is 3.89. The van der Waals surface area contributed by atoms with E-state index in [4.69, 9.17) is 0 Å². The number of benzene rings is 1. The van der Waals surface area contributed by atoms with Gasteiger partial charge in [0, 0.05) is 18.5 Å². The van der Waals surface area contributed by atoms with Gasteiger partial charge in [-0.3, -0.25) is 9.78 Å². The normalized spacial score (nSPS) is 18.0. The Kier molecular flexibility index (Phi) is 3.97. The maximum Gasteiger partial charge on any atom is 0.289 e. The van der Waals surface area contributed by atoms with Crippen LogP contribution >= 0.6 is 11.8 Å². The fraction of sp³-hybridized carbons (Fsp3) is 0. The van der Waals surface area contributed by atoms with Gasteiger partial charge in [0.1, 0.15) is 5.84 Å². The minimum atomic E-state index is -0.988. The van der Waals surface area contributed by atoms with Gasteiger partial charge in [0.15, 0.2) is 11.6 Å². The van der Waals surface area contributed by atoms with Gasteiger partial charge in [0.05, 0.1) is 10.6 Å².